The van der Waals surface area contributed by atoms with Crippen LogP contribution in [-0.2, 0) is 10.7 Å². The molecule has 2 aromatic rings. The lowest BCUT2D eigenvalue weighted by molar-refractivity contribution is 0.00557. The van der Waals surface area contributed by atoms with E-state index in [4.69, 9.17) is 9.26 Å². The van der Waals surface area contributed by atoms with Crippen LogP contribution in [0.4, 0.5) is 34.3 Å². The van der Waals surface area contributed by atoms with E-state index in [1.165, 1.54) is 12.4 Å². The molecule has 4 heterocycles. The fourth-order valence-electron chi connectivity index (χ4n) is 5.35. The van der Waals surface area contributed by atoms with Crippen molar-refractivity contribution in [2.24, 2.45) is 5.92 Å². The number of hydrogen-bond acceptors (Lipinski definition) is 10. The zero-order valence-corrected chi connectivity index (χ0v) is 27.1. The fraction of sp³-hybridized carbons (Fsp3) is 0.548. The Morgan fingerprint density at radius 3 is 2.34 bits per heavy atom. The highest BCUT2D eigenvalue weighted by atomic mass is 19.3. The summed E-state index contributed by atoms with van der Waals surface area (Å²) in [7, 11) is 1.68. The summed E-state index contributed by atoms with van der Waals surface area (Å²) in [4.78, 5) is 43.5. The lowest BCUT2D eigenvalue weighted by Gasteiger charge is -2.35. The van der Waals surface area contributed by atoms with E-state index >= 15 is 0 Å². The Balaban J connectivity index is 1.38. The molecular weight excluding hydrogens is 624 g/mol. The SMILES string of the molecule is C=C/C(F)=C\C=C(\F)CC1CN(c2ncc(C(=O)N(C)C3CCN(c4nc(C(C)(F)F)no4)CC3)cn2)C[C@@H]1NC(=O)OC(C)(C)C. The molecule has 0 saturated carbocycles. The summed E-state index contributed by atoms with van der Waals surface area (Å²) in [5.41, 5.74) is -0.478. The molecule has 4 rings (SSSR count). The Labute approximate surface area is 270 Å². The van der Waals surface area contributed by atoms with Crippen molar-refractivity contribution in [2.45, 2.75) is 70.6 Å². The van der Waals surface area contributed by atoms with Gasteiger partial charge < -0.3 is 29.3 Å². The van der Waals surface area contributed by atoms with Gasteiger partial charge in [0.25, 0.3) is 5.91 Å². The van der Waals surface area contributed by atoms with Gasteiger partial charge in [0.15, 0.2) is 0 Å². The molecule has 2 amide bonds. The largest absolute Gasteiger partial charge is 0.444 e. The smallest absolute Gasteiger partial charge is 0.407 e. The average Bonchev–Trinajstić information content (AvgIpc) is 3.66. The zero-order valence-electron chi connectivity index (χ0n) is 27.1. The van der Waals surface area contributed by atoms with Crippen LogP contribution in [0.3, 0.4) is 0 Å². The van der Waals surface area contributed by atoms with Gasteiger partial charge in [-0.05, 0) is 51.8 Å². The van der Waals surface area contributed by atoms with E-state index in [9.17, 15) is 27.2 Å². The summed E-state index contributed by atoms with van der Waals surface area (Å²) >= 11 is 0. The Hall–Kier alpha value is -4.50. The van der Waals surface area contributed by atoms with Gasteiger partial charge in [0, 0.05) is 70.9 Å². The van der Waals surface area contributed by atoms with Crippen LogP contribution < -0.4 is 15.1 Å². The molecule has 16 heteroatoms. The molecule has 0 aromatic carbocycles. The number of aromatic nitrogens is 4. The van der Waals surface area contributed by atoms with Crippen LogP contribution in [-0.4, -0.2) is 87.9 Å². The lowest BCUT2D eigenvalue weighted by atomic mass is 9.99. The van der Waals surface area contributed by atoms with E-state index in [1.807, 2.05) is 0 Å². The maximum absolute atomic E-state index is 14.7. The Bertz CT molecular complexity index is 1480. The molecule has 2 saturated heterocycles. The number of carbonyl (C=O) groups excluding carboxylic acids is 2. The molecule has 0 spiro atoms. The molecule has 0 aliphatic carbocycles. The highest BCUT2D eigenvalue weighted by Crippen LogP contribution is 2.29. The van der Waals surface area contributed by atoms with Gasteiger partial charge in [-0.2, -0.15) is 13.8 Å². The van der Waals surface area contributed by atoms with E-state index < -0.39 is 47.1 Å². The van der Waals surface area contributed by atoms with Crippen molar-refractivity contribution in [2.75, 3.05) is 43.0 Å². The number of hydrogen-bond donors (Lipinski definition) is 1. The molecule has 47 heavy (non-hydrogen) atoms. The van der Waals surface area contributed by atoms with Crippen LogP contribution >= 0.6 is 0 Å². The number of piperidine rings is 1. The van der Waals surface area contributed by atoms with Gasteiger partial charge in [-0.1, -0.05) is 11.7 Å². The van der Waals surface area contributed by atoms with E-state index in [0.29, 0.717) is 32.9 Å². The molecule has 2 aliphatic heterocycles. The number of ether oxygens (including phenoxy) is 1. The number of anilines is 2. The van der Waals surface area contributed by atoms with Crippen molar-refractivity contribution < 1.29 is 36.4 Å². The minimum Gasteiger partial charge on any atom is -0.444 e. The third-order valence-electron chi connectivity index (χ3n) is 7.80. The summed E-state index contributed by atoms with van der Waals surface area (Å²) in [6.45, 7) is 10.6. The highest BCUT2D eigenvalue weighted by Gasteiger charge is 2.37. The topological polar surface area (TPSA) is 130 Å². The first-order valence-corrected chi connectivity index (χ1v) is 15.2. The summed E-state index contributed by atoms with van der Waals surface area (Å²) in [6, 6.07) is -0.649. The van der Waals surface area contributed by atoms with Gasteiger partial charge in [0.05, 0.1) is 11.6 Å². The molecule has 2 fully saturated rings. The van der Waals surface area contributed by atoms with Crippen LogP contribution in [0.25, 0.3) is 0 Å². The number of nitrogens with one attached hydrogen (secondary N) is 1. The number of amides is 2. The van der Waals surface area contributed by atoms with Crippen molar-refractivity contribution in [1.82, 2.24) is 30.3 Å². The number of nitrogens with zero attached hydrogens (tertiary/aromatic N) is 7. The minimum atomic E-state index is -3.21. The highest BCUT2D eigenvalue weighted by molar-refractivity contribution is 5.93. The number of rotatable bonds is 10. The van der Waals surface area contributed by atoms with Gasteiger partial charge >= 0.3 is 18.0 Å². The summed E-state index contributed by atoms with van der Waals surface area (Å²) in [5.74, 6) is -5.57. The molecule has 2 aliphatic rings. The average molecular weight is 665 g/mol. The van der Waals surface area contributed by atoms with Gasteiger partial charge in [-0.3, -0.25) is 4.79 Å². The quantitative estimate of drug-likeness (QED) is 0.263. The summed E-state index contributed by atoms with van der Waals surface area (Å²) < 4.78 is 65.5. The number of alkyl halides is 2. The van der Waals surface area contributed by atoms with E-state index in [-0.39, 0.29) is 49.0 Å². The Morgan fingerprint density at radius 2 is 1.77 bits per heavy atom. The van der Waals surface area contributed by atoms with Crippen LogP contribution in [0, 0.1) is 5.92 Å². The predicted octanol–water partition coefficient (Wildman–Crippen LogP) is 5.32. The molecule has 2 aromatic heterocycles. The third-order valence-corrected chi connectivity index (χ3v) is 7.80. The first kappa shape index (κ1) is 35.4. The number of allylic oxidation sites excluding steroid dienone is 5. The van der Waals surface area contributed by atoms with Gasteiger partial charge in [0.2, 0.25) is 11.8 Å². The second kappa shape index (κ2) is 14.5. The van der Waals surface area contributed by atoms with Gasteiger partial charge in [-0.25, -0.2) is 23.5 Å². The van der Waals surface area contributed by atoms with Crippen LogP contribution in [0.15, 0.2) is 53.4 Å². The van der Waals surface area contributed by atoms with Crippen LogP contribution in [0.1, 0.15) is 63.1 Å². The summed E-state index contributed by atoms with van der Waals surface area (Å²) in [5, 5.41) is 6.16. The number of alkyl carbamates (subject to hydrolysis) is 1. The second-order valence-electron chi connectivity index (χ2n) is 12.7. The van der Waals surface area contributed by atoms with Crippen molar-refractivity contribution >= 4 is 24.0 Å². The number of halogens is 4. The Morgan fingerprint density at radius 1 is 1.11 bits per heavy atom. The van der Waals surface area contributed by atoms with Crippen molar-refractivity contribution in [3.05, 3.63) is 60.2 Å². The number of carbonyl (C=O) groups is 2. The molecule has 0 radical (unpaired) electrons. The molecule has 256 valence electrons. The first-order chi connectivity index (χ1) is 22.0. The molecule has 1 unspecified atom stereocenters. The fourth-order valence-corrected chi connectivity index (χ4v) is 5.35. The van der Waals surface area contributed by atoms with Crippen molar-refractivity contribution in [1.29, 1.82) is 0 Å². The van der Waals surface area contributed by atoms with Gasteiger partial charge in [-0.15, -0.1) is 0 Å². The molecule has 1 N–H and O–H groups in total. The predicted molar refractivity (Wildman–Crippen MR) is 165 cm³/mol. The monoisotopic (exact) mass is 664 g/mol. The van der Waals surface area contributed by atoms with Crippen LogP contribution in [0.5, 0.6) is 0 Å². The lowest BCUT2D eigenvalue weighted by Crippen LogP contribution is -2.45. The van der Waals surface area contributed by atoms with Crippen molar-refractivity contribution in [3.63, 3.8) is 0 Å². The van der Waals surface area contributed by atoms with Crippen molar-refractivity contribution in [3.8, 4) is 0 Å². The van der Waals surface area contributed by atoms with E-state index in [1.54, 1.807) is 42.5 Å². The van der Waals surface area contributed by atoms with Crippen LogP contribution in [0.2, 0.25) is 0 Å². The Kier molecular flexibility index (Phi) is 10.9. The first-order valence-electron chi connectivity index (χ1n) is 15.2. The van der Waals surface area contributed by atoms with E-state index in [0.717, 1.165) is 18.2 Å². The maximum atomic E-state index is 14.7. The normalized spacial score (nSPS) is 19.9. The maximum Gasteiger partial charge on any atom is 0.407 e. The van der Waals surface area contributed by atoms with E-state index in [2.05, 4.69) is 32.0 Å². The second-order valence-corrected chi connectivity index (χ2v) is 12.7. The third kappa shape index (κ3) is 9.51. The molecule has 2 atom stereocenters. The molecule has 0 bridgehead atoms. The van der Waals surface area contributed by atoms with Gasteiger partial charge in [0.1, 0.15) is 17.3 Å². The zero-order chi connectivity index (χ0) is 34.5. The standard InChI is InChI=1S/C31H40F4N8O4/c1-7-21(32)8-9-22(33)14-19-17-43(18-24(19)38-29(45)46-30(2,3)4)27-36-15-20(16-37-27)25(44)41(6)23-10-12-42(13-11-23)28-39-26(40-47-28)31(5,34)35/h7-9,15-16,19,23-24H,1,10-14,17-18H2,2-6H3,(H,38,45)/b21-8+,22-9+/t19?,24-/m0/s1. The molecule has 12 nitrogen and oxygen atoms in total. The summed E-state index contributed by atoms with van der Waals surface area (Å²) in [6.07, 6.45) is 6.14. The molecular formula is C31H40F4N8O4. The minimum absolute atomic E-state index is 0.0165.